The minimum Gasteiger partial charge on any atom is -0.496 e. The van der Waals surface area contributed by atoms with Gasteiger partial charge in [-0.15, -0.1) is 0 Å². The number of sulfonamides is 1. The fourth-order valence-corrected chi connectivity index (χ4v) is 3.80. The zero-order chi connectivity index (χ0) is 20.5. The van der Waals surface area contributed by atoms with Gasteiger partial charge in [0.05, 0.1) is 31.8 Å². The average molecular weight is 406 g/mol. The number of nitrogens with zero attached hydrogens (tertiary/aromatic N) is 1. The molecule has 1 amide bonds. The summed E-state index contributed by atoms with van der Waals surface area (Å²) in [6.45, 7) is 0.835. The molecule has 9 heteroatoms. The van der Waals surface area contributed by atoms with Crippen molar-refractivity contribution in [2.75, 3.05) is 27.9 Å². The zero-order valence-corrected chi connectivity index (χ0v) is 16.7. The van der Waals surface area contributed by atoms with E-state index in [1.807, 2.05) is 12.1 Å². The van der Waals surface area contributed by atoms with E-state index in [2.05, 4.69) is 0 Å². The number of hydrogen-bond acceptors (Lipinski definition) is 6. The van der Waals surface area contributed by atoms with Crippen molar-refractivity contribution >= 4 is 15.9 Å². The monoisotopic (exact) mass is 406 g/mol. The second kappa shape index (κ2) is 7.69. The molecule has 0 fully saturated rings. The summed E-state index contributed by atoms with van der Waals surface area (Å²) in [7, 11) is 0.618. The molecule has 0 radical (unpaired) electrons. The summed E-state index contributed by atoms with van der Waals surface area (Å²) in [6.07, 6.45) is 0.638. The maximum Gasteiger partial charge on any atom is 0.257 e. The van der Waals surface area contributed by atoms with E-state index in [1.54, 1.807) is 19.1 Å². The average Bonchev–Trinajstić information content (AvgIpc) is 2.70. The van der Waals surface area contributed by atoms with Crippen LogP contribution in [-0.2, 0) is 23.0 Å². The van der Waals surface area contributed by atoms with Gasteiger partial charge in [-0.05, 0) is 47.9 Å². The fourth-order valence-electron chi connectivity index (χ4n) is 3.26. The highest BCUT2D eigenvalue weighted by Gasteiger charge is 2.26. The van der Waals surface area contributed by atoms with E-state index in [-0.39, 0.29) is 22.1 Å². The predicted molar refractivity (Wildman–Crippen MR) is 102 cm³/mol. The summed E-state index contributed by atoms with van der Waals surface area (Å²) in [5.74, 6) is 1.19. The topological polar surface area (TPSA) is 108 Å². The quantitative estimate of drug-likeness (QED) is 0.807. The number of carbonyl (C=O) groups excluding carboxylic acids is 1. The number of methoxy groups -OCH3 is 3. The number of carbonyl (C=O) groups is 1. The minimum absolute atomic E-state index is 0.138. The maximum atomic E-state index is 13.1. The Morgan fingerprint density at radius 3 is 2.14 bits per heavy atom. The van der Waals surface area contributed by atoms with Gasteiger partial charge in [-0.1, -0.05) is 0 Å². The van der Waals surface area contributed by atoms with Crippen molar-refractivity contribution in [3.8, 4) is 17.2 Å². The van der Waals surface area contributed by atoms with Crippen LogP contribution >= 0.6 is 0 Å². The van der Waals surface area contributed by atoms with Crippen molar-refractivity contribution in [2.24, 2.45) is 5.14 Å². The first-order valence-corrected chi connectivity index (χ1v) is 10.1. The molecule has 0 unspecified atom stereocenters. The Balaban J connectivity index is 1.95. The van der Waals surface area contributed by atoms with E-state index in [0.717, 1.165) is 11.1 Å². The fraction of sp³-hybridized carbons (Fsp3) is 0.316. The van der Waals surface area contributed by atoms with Crippen LogP contribution in [0, 0.1) is 0 Å². The van der Waals surface area contributed by atoms with Gasteiger partial charge in [-0.25, -0.2) is 13.6 Å². The minimum atomic E-state index is -3.94. The Bertz CT molecular complexity index is 1020. The molecule has 0 aromatic heterocycles. The third-order valence-corrected chi connectivity index (χ3v) is 5.65. The van der Waals surface area contributed by atoms with Crippen LogP contribution in [0.2, 0.25) is 0 Å². The van der Waals surface area contributed by atoms with Crippen LogP contribution in [0.3, 0.4) is 0 Å². The molecule has 3 rings (SSSR count). The van der Waals surface area contributed by atoms with E-state index >= 15 is 0 Å². The van der Waals surface area contributed by atoms with Crippen molar-refractivity contribution in [2.45, 2.75) is 17.9 Å². The van der Waals surface area contributed by atoms with Crippen LogP contribution in [0.15, 0.2) is 35.2 Å². The molecular weight excluding hydrogens is 384 g/mol. The second-order valence-corrected chi connectivity index (χ2v) is 7.92. The summed E-state index contributed by atoms with van der Waals surface area (Å²) in [4.78, 5) is 14.6. The number of amides is 1. The SMILES string of the molecule is COc1cc2c(cc1OC)CN(C(=O)c1cc(S(N)(=O)=O)ccc1OC)CC2. The second-order valence-electron chi connectivity index (χ2n) is 6.36. The number of hydrogen-bond donors (Lipinski definition) is 1. The Labute approximate surface area is 163 Å². The molecule has 150 valence electrons. The van der Waals surface area contributed by atoms with Crippen LogP contribution in [0.5, 0.6) is 17.2 Å². The van der Waals surface area contributed by atoms with Crippen molar-refractivity contribution in [3.05, 3.63) is 47.0 Å². The highest BCUT2D eigenvalue weighted by molar-refractivity contribution is 7.89. The van der Waals surface area contributed by atoms with E-state index in [0.29, 0.717) is 31.0 Å². The summed E-state index contributed by atoms with van der Waals surface area (Å²) in [5.41, 5.74) is 2.17. The number of nitrogens with two attached hydrogens (primary N) is 1. The molecule has 1 aliphatic heterocycles. The van der Waals surface area contributed by atoms with Crippen LogP contribution in [0.25, 0.3) is 0 Å². The molecule has 28 heavy (non-hydrogen) atoms. The lowest BCUT2D eigenvalue weighted by molar-refractivity contribution is 0.0730. The van der Waals surface area contributed by atoms with Crippen molar-refractivity contribution in [1.82, 2.24) is 4.90 Å². The van der Waals surface area contributed by atoms with E-state index < -0.39 is 10.0 Å². The number of rotatable bonds is 5. The van der Waals surface area contributed by atoms with Crippen molar-refractivity contribution in [1.29, 1.82) is 0 Å². The molecular formula is C19H22N2O6S. The lowest BCUT2D eigenvalue weighted by Crippen LogP contribution is -2.36. The largest absolute Gasteiger partial charge is 0.496 e. The molecule has 2 aromatic rings. The first-order valence-electron chi connectivity index (χ1n) is 8.52. The van der Waals surface area contributed by atoms with E-state index in [9.17, 15) is 13.2 Å². The van der Waals surface area contributed by atoms with Gasteiger partial charge in [0.15, 0.2) is 11.5 Å². The van der Waals surface area contributed by atoms with Gasteiger partial charge in [0.1, 0.15) is 5.75 Å². The number of benzene rings is 2. The molecule has 8 nitrogen and oxygen atoms in total. The zero-order valence-electron chi connectivity index (χ0n) is 15.9. The molecule has 0 aliphatic carbocycles. The van der Waals surface area contributed by atoms with Crippen LogP contribution in [-0.4, -0.2) is 47.1 Å². The van der Waals surface area contributed by atoms with E-state index in [4.69, 9.17) is 19.3 Å². The Morgan fingerprint density at radius 2 is 1.57 bits per heavy atom. The standard InChI is InChI=1S/C19H22N2O6S/c1-25-16-5-4-14(28(20,23)24)10-15(16)19(22)21-7-6-12-8-17(26-2)18(27-3)9-13(12)11-21/h4-5,8-10H,6-7,11H2,1-3H3,(H2,20,23,24). The van der Waals surface area contributed by atoms with Crippen molar-refractivity contribution in [3.63, 3.8) is 0 Å². The summed E-state index contributed by atoms with van der Waals surface area (Å²) < 4.78 is 39.2. The third-order valence-electron chi connectivity index (χ3n) is 4.74. The van der Waals surface area contributed by atoms with Gasteiger partial charge in [0, 0.05) is 13.1 Å². The Morgan fingerprint density at radius 1 is 0.964 bits per heavy atom. The van der Waals surface area contributed by atoms with Crippen LogP contribution < -0.4 is 19.3 Å². The molecule has 1 heterocycles. The first kappa shape index (κ1) is 20.0. The molecule has 1 aliphatic rings. The summed E-state index contributed by atoms with van der Waals surface area (Å²) in [5, 5.41) is 5.20. The Hall–Kier alpha value is -2.78. The van der Waals surface area contributed by atoms with Crippen LogP contribution in [0.1, 0.15) is 21.5 Å². The smallest absolute Gasteiger partial charge is 0.257 e. The molecule has 2 aromatic carbocycles. The van der Waals surface area contributed by atoms with Gasteiger partial charge in [-0.2, -0.15) is 0 Å². The molecule has 0 bridgehead atoms. The molecule has 0 atom stereocenters. The molecule has 0 spiro atoms. The highest BCUT2D eigenvalue weighted by Crippen LogP contribution is 2.34. The van der Waals surface area contributed by atoms with Gasteiger partial charge in [0.25, 0.3) is 5.91 Å². The Kier molecular flexibility index (Phi) is 5.48. The van der Waals surface area contributed by atoms with Crippen LogP contribution in [0.4, 0.5) is 0 Å². The maximum absolute atomic E-state index is 13.1. The lowest BCUT2D eigenvalue weighted by Gasteiger charge is -2.30. The van der Waals surface area contributed by atoms with Gasteiger partial charge >= 0.3 is 0 Å². The lowest BCUT2D eigenvalue weighted by atomic mass is 9.98. The molecule has 0 saturated carbocycles. The molecule has 2 N–H and O–H groups in total. The first-order chi connectivity index (χ1) is 13.3. The van der Waals surface area contributed by atoms with Gasteiger partial charge in [-0.3, -0.25) is 4.79 Å². The number of ether oxygens (including phenoxy) is 3. The predicted octanol–water partition coefficient (Wildman–Crippen LogP) is 1.56. The highest BCUT2D eigenvalue weighted by atomic mass is 32.2. The molecule has 0 saturated heterocycles. The van der Waals surface area contributed by atoms with Gasteiger partial charge in [0.2, 0.25) is 10.0 Å². The number of primary sulfonamides is 1. The van der Waals surface area contributed by atoms with Crippen molar-refractivity contribution < 1.29 is 27.4 Å². The third kappa shape index (κ3) is 3.76. The normalized spacial score (nSPS) is 13.6. The summed E-state index contributed by atoms with van der Waals surface area (Å²) in [6, 6.07) is 7.76. The van der Waals surface area contributed by atoms with E-state index in [1.165, 1.54) is 25.3 Å². The number of fused-ring (bicyclic) bond motifs is 1. The summed E-state index contributed by atoms with van der Waals surface area (Å²) >= 11 is 0. The van der Waals surface area contributed by atoms with Gasteiger partial charge < -0.3 is 19.1 Å².